The van der Waals surface area contributed by atoms with Crippen LogP contribution in [-0.2, 0) is 11.4 Å². The summed E-state index contributed by atoms with van der Waals surface area (Å²) < 4.78 is 11.5. The van der Waals surface area contributed by atoms with Crippen LogP contribution in [-0.4, -0.2) is 18.3 Å². The molecule has 0 spiro atoms. The first-order valence-electron chi connectivity index (χ1n) is 9.44. The normalized spacial score (nSPS) is 14.9. The van der Waals surface area contributed by atoms with Crippen molar-refractivity contribution in [1.82, 2.24) is 0 Å². The van der Waals surface area contributed by atoms with Crippen molar-refractivity contribution in [2.75, 3.05) is 12.0 Å². The number of rotatable bonds is 6. The summed E-state index contributed by atoms with van der Waals surface area (Å²) in [5.41, 5.74) is 2.12. The Balaban J connectivity index is 1.63. The average molecular weight is 452 g/mol. The number of ether oxygens (including phenoxy) is 2. The largest absolute Gasteiger partial charge is 0.493 e. The van der Waals surface area contributed by atoms with Gasteiger partial charge in [0.15, 0.2) is 11.5 Å². The minimum absolute atomic E-state index is 0.296. The van der Waals surface area contributed by atoms with E-state index in [-0.39, 0.29) is 11.1 Å². The first kappa shape index (κ1) is 21.0. The van der Waals surface area contributed by atoms with Gasteiger partial charge in [0.2, 0.25) is 0 Å². The van der Waals surface area contributed by atoms with Gasteiger partial charge in [-0.15, -0.1) is 0 Å². The van der Waals surface area contributed by atoms with Crippen LogP contribution in [0.5, 0.6) is 11.5 Å². The van der Waals surface area contributed by atoms with Crippen LogP contribution in [0.4, 0.5) is 10.5 Å². The molecule has 2 amide bonds. The number of thioether (sulfide) groups is 1. The standard InChI is InChI=1S/C24H18ClNO4S/c1-29-20-9-5-6-17(22(20)30-15-16-10-12-18(25)13-11-16)14-21-23(27)26(24(28)31-21)19-7-3-2-4-8-19/h2-14H,15H2,1H3/b21-14-. The fraction of sp³-hybridized carbons (Fsp3) is 0.0833. The number of hydrogen-bond acceptors (Lipinski definition) is 5. The van der Waals surface area contributed by atoms with Gasteiger partial charge in [-0.05, 0) is 53.7 Å². The number of imide groups is 1. The lowest BCUT2D eigenvalue weighted by molar-refractivity contribution is -0.113. The first-order valence-corrected chi connectivity index (χ1v) is 10.6. The topological polar surface area (TPSA) is 55.8 Å². The second-order valence-electron chi connectivity index (χ2n) is 6.65. The van der Waals surface area contributed by atoms with Gasteiger partial charge in [-0.1, -0.05) is 54.1 Å². The monoisotopic (exact) mass is 451 g/mol. The van der Waals surface area contributed by atoms with Gasteiger partial charge in [0, 0.05) is 10.6 Å². The molecule has 0 aliphatic carbocycles. The Morgan fingerprint density at radius 3 is 2.42 bits per heavy atom. The molecule has 156 valence electrons. The molecular weight excluding hydrogens is 434 g/mol. The zero-order valence-electron chi connectivity index (χ0n) is 16.6. The van der Waals surface area contributed by atoms with E-state index in [4.69, 9.17) is 21.1 Å². The molecule has 0 atom stereocenters. The summed E-state index contributed by atoms with van der Waals surface area (Å²) in [5, 5.41) is 0.310. The molecule has 1 aliphatic rings. The summed E-state index contributed by atoms with van der Waals surface area (Å²) in [5.74, 6) is 0.657. The molecule has 0 unspecified atom stereocenters. The smallest absolute Gasteiger partial charge is 0.298 e. The second kappa shape index (κ2) is 9.29. The molecule has 1 fully saturated rings. The van der Waals surface area contributed by atoms with Gasteiger partial charge in [-0.25, -0.2) is 4.90 Å². The number of carbonyl (C=O) groups excluding carboxylic acids is 2. The van der Waals surface area contributed by atoms with Crippen LogP contribution in [0.2, 0.25) is 5.02 Å². The third-order valence-corrected chi connectivity index (χ3v) is 5.74. The molecular formula is C24H18ClNO4S. The second-order valence-corrected chi connectivity index (χ2v) is 8.08. The van der Waals surface area contributed by atoms with Crippen molar-refractivity contribution in [3.05, 3.63) is 93.9 Å². The molecule has 0 N–H and O–H groups in total. The predicted molar refractivity (Wildman–Crippen MR) is 124 cm³/mol. The van der Waals surface area contributed by atoms with E-state index in [2.05, 4.69) is 0 Å². The average Bonchev–Trinajstić information content (AvgIpc) is 3.07. The van der Waals surface area contributed by atoms with Gasteiger partial charge in [-0.2, -0.15) is 0 Å². The molecule has 0 aromatic heterocycles. The van der Waals surface area contributed by atoms with Crippen LogP contribution in [0, 0.1) is 0 Å². The fourth-order valence-electron chi connectivity index (χ4n) is 3.11. The highest BCUT2D eigenvalue weighted by atomic mass is 35.5. The number of methoxy groups -OCH3 is 1. The highest BCUT2D eigenvalue weighted by Crippen LogP contribution is 2.39. The third-order valence-electron chi connectivity index (χ3n) is 4.62. The van der Waals surface area contributed by atoms with Gasteiger partial charge in [0.25, 0.3) is 11.1 Å². The van der Waals surface area contributed by atoms with Gasteiger partial charge in [-0.3, -0.25) is 9.59 Å². The van der Waals surface area contributed by atoms with Crippen LogP contribution in [0.1, 0.15) is 11.1 Å². The summed E-state index contributed by atoms with van der Waals surface area (Å²) in [7, 11) is 1.55. The molecule has 0 saturated carbocycles. The Bertz CT molecular complexity index is 1150. The van der Waals surface area contributed by atoms with Gasteiger partial charge < -0.3 is 9.47 Å². The van der Waals surface area contributed by atoms with Crippen LogP contribution in [0.25, 0.3) is 6.08 Å². The molecule has 1 heterocycles. The molecule has 1 saturated heterocycles. The Kier molecular flexibility index (Phi) is 6.30. The molecule has 0 radical (unpaired) electrons. The van der Waals surface area contributed by atoms with Crippen LogP contribution < -0.4 is 14.4 Å². The quantitative estimate of drug-likeness (QED) is 0.419. The maximum absolute atomic E-state index is 12.9. The fourth-order valence-corrected chi connectivity index (χ4v) is 4.06. The summed E-state index contributed by atoms with van der Waals surface area (Å²) in [4.78, 5) is 26.9. The van der Waals surface area contributed by atoms with Crippen molar-refractivity contribution in [3.8, 4) is 11.5 Å². The molecule has 3 aromatic carbocycles. The first-order chi connectivity index (χ1) is 15.1. The summed E-state index contributed by atoms with van der Waals surface area (Å²) in [6, 6.07) is 21.6. The Morgan fingerprint density at radius 2 is 1.71 bits per heavy atom. The number of hydrogen-bond donors (Lipinski definition) is 0. The minimum Gasteiger partial charge on any atom is -0.493 e. The van der Waals surface area contributed by atoms with Crippen molar-refractivity contribution in [2.24, 2.45) is 0 Å². The number of nitrogens with zero attached hydrogens (tertiary/aromatic N) is 1. The summed E-state index contributed by atoms with van der Waals surface area (Å²) >= 11 is 6.84. The predicted octanol–water partition coefficient (Wildman–Crippen LogP) is 6.17. The highest BCUT2D eigenvalue weighted by Gasteiger charge is 2.36. The van der Waals surface area contributed by atoms with E-state index in [0.717, 1.165) is 17.3 Å². The van der Waals surface area contributed by atoms with Crippen molar-refractivity contribution >= 4 is 46.3 Å². The number of amides is 2. The Morgan fingerprint density at radius 1 is 0.968 bits per heavy atom. The number of anilines is 1. The Labute approximate surface area is 189 Å². The third kappa shape index (κ3) is 4.60. The van der Waals surface area contributed by atoms with Gasteiger partial charge in [0.1, 0.15) is 6.61 Å². The van der Waals surface area contributed by atoms with Crippen molar-refractivity contribution < 1.29 is 19.1 Å². The zero-order valence-corrected chi connectivity index (χ0v) is 18.2. The maximum atomic E-state index is 12.9. The van der Waals surface area contributed by atoms with Gasteiger partial charge in [0.05, 0.1) is 17.7 Å². The van der Waals surface area contributed by atoms with E-state index in [9.17, 15) is 9.59 Å². The lowest BCUT2D eigenvalue weighted by atomic mass is 10.1. The van der Waals surface area contributed by atoms with Crippen molar-refractivity contribution in [3.63, 3.8) is 0 Å². The summed E-state index contributed by atoms with van der Waals surface area (Å²) in [6.45, 7) is 0.296. The minimum atomic E-state index is -0.368. The van der Waals surface area contributed by atoms with E-state index in [1.807, 2.05) is 24.3 Å². The molecule has 7 heteroatoms. The van der Waals surface area contributed by atoms with Crippen LogP contribution in [0.15, 0.2) is 77.7 Å². The van der Waals surface area contributed by atoms with Gasteiger partial charge >= 0.3 is 0 Å². The van der Waals surface area contributed by atoms with E-state index in [0.29, 0.717) is 39.3 Å². The van der Waals surface area contributed by atoms with Crippen LogP contribution >= 0.6 is 23.4 Å². The van der Waals surface area contributed by atoms with E-state index < -0.39 is 0 Å². The highest BCUT2D eigenvalue weighted by molar-refractivity contribution is 8.19. The number of carbonyl (C=O) groups is 2. The number of halogens is 1. The van der Waals surface area contributed by atoms with Crippen molar-refractivity contribution in [2.45, 2.75) is 6.61 Å². The molecule has 31 heavy (non-hydrogen) atoms. The van der Waals surface area contributed by atoms with Crippen LogP contribution in [0.3, 0.4) is 0 Å². The lowest BCUT2D eigenvalue weighted by Gasteiger charge is -2.14. The zero-order chi connectivity index (χ0) is 21.8. The van der Waals surface area contributed by atoms with E-state index in [1.165, 1.54) is 4.90 Å². The Hall–Kier alpha value is -3.22. The lowest BCUT2D eigenvalue weighted by Crippen LogP contribution is -2.27. The molecule has 0 bridgehead atoms. The van der Waals surface area contributed by atoms with E-state index >= 15 is 0 Å². The summed E-state index contributed by atoms with van der Waals surface area (Å²) in [6.07, 6.45) is 1.66. The molecule has 5 nitrogen and oxygen atoms in total. The number of para-hydroxylation sites is 2. The molecule has 4 rings (SSSR count). The molecule has 1 aliphatic heterocycles. The maximum Gasteiger partial charge on any atom is 0.298 e. The van der Waals surface area contributed by atoms with Crippen molar-refractivity contribution in [1.29, 1.82) is 0 Å². The SMILES string of the molecule is COc1cccc(/C=C2\SC(=O)N(c3ccccc3)C2=O)c1OCc1ccc(Cl)cc1. The van der Waals surface area contributed by atoms with E-state index in [1.54, 1.807) is 61.7 Å². The molecule has 3 aromatic rings. The number of benzene rings is 3.